The number of aromatic nitrogens is 2. The smallest absolute Gasteiger partial charge is 0.416 e. The molecular weight excluding hydrogens is 393 g/mol. The molecule has 30 heavy (non-hydrogen) atoms. The molecule has 0 saturated carbocycles. The van der Waals surface area contributed by atoms with Crippen LogP contribution in [0, 0.1) is 0 Å². The third-order valence-electron chi connectivity index (χ3n) is 4.80. The SMILES string of the molecule is CCCCCC(=O)c1ccc(OCc2cn[nH]c2-c2ccc(C(F)(F)F)cc2)cc1. The third kappa shape index (κ3) is 5.49. The van der Waals surface area contributed by atoms with Crippen LogP contribution >= 0.6 is 0 Å². The zero-order valence-corrected chi connectivity index (χ0v) is 16.6. The molecule has 0 radical (unpaired) electrons. The van der Waals surface area contributed by atoms with Crippen LogP contribution in [0.4, 0.5) is 13.2 Å². The van der Waals surface area contributed by atoms with E-state index in [4.69, 9.17) is 4.74 Å². The summed E-state index contributed by atoms with van der Waals surface area (Å²) in [5.41, 5.74) is 1.87. The van der Waals surface area contributed by atoms with Crippen LogP contribution in [0.3, 0.4) is 0 Å². The van der Waals surface area contributed by atoms with Crippen LogP contribution in [-0.4, -0.2) is 16.0 Å². The minimum absolute atomic E-state index is 0.120. The molecule has 0 fully saturated rings. The highest BCUT2D eigenvalue weighted by Crippen LogP contribution is 2.31. The van der Waals surface area contributed by atoms with Crippen LogP contribution in [0.5, 0.6) is 5.75 Å². The summed E-state index contributed by atoms with van der Waals surface area (Å²) in [6.45, 7) is 2.29. The number of Topliss-reactive ketones (excluding diaryl/α,β-unsaturated/α-hetero) is 1. The van der Waals surface area contributed by atoms with Crippen molar-refractivity contribution in [1.82, 2.24) is 10.2 Å². The molecule has 2 aromatic carbocycles. The average Bonchev–Trinajstić information content (AvgIpc) is 3.21. The van der Waals surface area contributed by atoms with Gasteiger partial charge in [-0.2, -0.15) is 18.3 Å². The van der Waals surface area contributed by atoms with Gasteiger partial charge in [0, 0.05) is 17.5 Å². The van der Waals surface area contributed by atoms with Crippen LogP contribution in [-0.2, 0) is 12.8 Å². The molecule has 1 heterocycles. The van der Waals surface area contributed by atoms with E-state index >= 15 is 0 Å². The third-order valence-corrected chi connectivity index (χ3v) is 4.80. The van der Waals surface area contributed by atoms with Crippen LogP contribution in [0.1, 0.15) is 54.1 Å². The second kappa shape index (κ2) is 9.61. The molecule has 4 nitrogen and oxygen atoms in total. The van der Waals surface area contributed by atoms with Crippen molar-refractivity contribution in [3.8, 4) is 17.0 Å². The molecule has 3 rings (SSSR count). The van der Waals surface area contributed by atoms with Crippen molar-refractivity contribution >= 4 is 5.78 Å². The summed E-state index contributed by atoms with van der Waals surface area (Å²) in [6, 6.07) is 11.9. The average molecular weight is 416 g/mol. The Morgan fingerprint density at radius 1 is 1.03 bits per heavy atom. The van der Waals surface area contributed by atoms with Crippen molar-refractivity contribution in [1.29, 1.82) is 0 Å². The number of carbonyl (C=O) groups is 1. The number of halogens is 3. The Hall–Kier alpha value is -3.09. The van der Waals surface area contributed by atoms with Gasteiger partial charge >= 0.3 is 6.18 Å². The van der Waals surface area contributed by atoms with E-state index in [2.05, 4.69) is 17.1 Å². The normalized spacial score (nSPS) is 11.5. The Morgan fingerprint density at radius 3 is 2.37 bits per heavy atom. The molecule has 0 aliphatic rings. The van der Waals surface area contributed by atoms with Gasteiger partial charge in [-0.3, -0.25) is 9.89 Å². The molecule has 0 spiro atoms. The lowest BCUT2D eigenvalue weighted by molar-refractivity contribution is -0.137. The predicted octanol–water partition coefficient (Wildman–Crippen LogP) is 6.44. The highest BCUT2D eigenvalue weighted by atomic mass is 19.4. The van der Waals surface area contributed by atoms with E-state index in [-0.39, 0.29) is 12.4 Å². The van der Waals surface area contributed by atoms with Gasteiger partial charge in [0.1, 0.15) is 12.4 Å². The summed E-state index contributed by atoms with van der Waals surface area (Å²) in [4.78, 5) is 12.1. The van der Waals surface area contributed by atoms with Crippen LogP contribution in [0.25, 0.3) is 11.3 Å². The van der Waals surface area contributed by atoms with E-state index in [9.17, 15) is 18.0 Å². The Labute approximate surface area is 173 Å². The number of rotatable bonds is 9. The lowest BCUT2D eigenvalue weighted by Gasteiger charge is -2.09. The Balaban J connectivity index is 1.62. The molecule has 0 bridgehead atoms. The maximum Gasteiger partial charge on any atom is 0.416 e. The lowest BCUT2D eigenvalue weighted by atomic mass is 10.0. The topological polar surface area (TPSA) is 55.0 Å². The number of hydrogen-bond acceptors (Lipinski definition) is 3. The maximum atomic E-state index is 12.7. The molecule has 0 saturated heterocycles. The maximum absolute atomic E-state index is 12.7. The van der Waals surface area contributed by atoms with E-state index < -0.39 is 11.7 Å². The molecule has 7 heteroatoms. The Morgan fingerprint density at radius 2 is 1.73 bits per heavy atom. The minimum atomic E-state index is -4.37. The van der Waals surface area contributed by atoms with Gasteiger partial charge in [0.15, 0.2) is 5.78 Å². The van der Waals surface area contributed by atoms with Gasteiger partial charge in [0.05, 0.1) is 17.5 Å². The number of ether oxygens (including phenoxy) is 1. The van der Waals surface area contributed by atoms with Gasteiger partial charge in [-0.25, -0.2) is 0 Å². The van der Waals surface area contributed by atoms with E-state index in [1.54, 1.807) is 30.5 Å². The summed E-state index contributed by atoms with van der Waals surface area (Å²) in [5.74, 6) is 0.717. The van der Waals surface area contributed by atoms with Gasteiger partial charge in [-0.05, 0) is 48.4 Å². The molecule has 0 unspecified atom stereocenters. The van der Waals surface area contributed by atoms with Crippen LogP contribution in [0.15, 0.2) is 54.7 Å². The van der Waals surface area contributed by atoms with Gasteiger partial charge in [-0.1, -0.05) is 31.9 Å². The summed E-state index contributed by atoms with van der Waals surface area (Å²) < 4.78 is 44.0. The predicted molar refractivity (Wildman–Crippen MR) is 108 cm³/mol. The van der Waals surface area contributed by atoms with Crippen molar-refractivity contribution < 1.29 is 22.7 Å². The van der Waals surface area contributed by atoms with Crippen molar-refractivity contribution in [3.05, 3.63) is 71.4 Å². The van der Waals surface area contributed by atoms with E-state index in [0.29, 0.717) is 29.0 Å². The zero-order valence-electron chi connectivity index (χ0n) is 16.6. The van der Waals surface area contributed by atoms with Crippen molar-refractivity contribution in [3.63, 3.8) is 0 Å². The number of H-pyrrole nitrogens is 1. The fourth-order valence-corrected chi connectivity index (χ4v) is 3.07. The second-order valence-corrected chi connectivity index (χ2v) is 7.04. The lowest BCUT2D eigenvalue weighted by Crippen LogP contribution is -2.04. The molecule has 0 aliphatic carbocycles. The van der Waals surface area contributed by atoms with Crippen molar-refractivity contribution in [2.75, 3.05) is 0 Å². The number of hydrogen-bond donors (Lipinski definition) is 1. The molecule has 158 valence electrons. The van der Waals surface area contributed by atoms with Crippen molar-refractivity contribution in [2.45, 2.75) is 45.4 Å². The van der Waals surface area contributed by atoms with E-state index in [0.717, 1.165) is 37.0 Å². The second-order valence-electron chi connectivity index (χ2n) is 7.04. The Kier molecular flexibility index (Phi) is 6.92. The molecule has 1 aromatic heterocycles. The van der Waals surface area contributed by atoms with Gasteiger partial charge < -0.3 is 4.74 Å². The summed E-state index contributed by atoms with van der Waals surface area (Å²) in [5, 5.41) is 6.79. The summed E-state index contributed by atoms with van der Waals surface area (Å²) in [7, 11) is 0. The quantitative estimate of drug-likeness (QED) is 0.323. The monoisotopic (exact) mass is 416 g/mol. The first-order valence-corrected chi connectivity index (χ1v) is 9.84. The molecule has 0 atom stereocenters. The van der Waals surface area contributed by atoms with Crippen LogP contribution in [0.2, 0.25) is 0 Å². The summed E-state index contributed by atoms with van der Waals surface area (Å²) in [6.07, 6.45) is 0.752. The van der Waals surface area contributed by atoms with Gasteiger partial charge in [-0.15, -0.1) is 0 Å². The van der Waals surface area contributed by atoms with Crippen LogP contribution < -0.4 is 4.74 Å². The standard InChI is InChI=1S/C23H23F3N2O2/c1-2-3-4-5-21(29)16-8-12-20(13-9-16)30-15-18-14-27-28-22(18)17-6-10-19(11-7-17)23(24,25)26/h6-14H,2-5,15H2,1H3,(H,27,28). The van der Waals surface area contributed by atoms with E-state index in [1.165, 1.54) is 12.1 Å². The zero-order chi connectivity index (χ0) is 21.6. The molecule has 0 aliphatic heterocycles. The minimum Gasteiger partial charge on any atom is -0.489 e. The number of ketones is 1. The van der Waals surface area contributed by atoms with Gasteiger partial charge in [0.2, 0.25) is 0 Å². The first kappa shape index (κ1) is 21.6. The number of nitrogens with zero attached hydrogens (tertiary/aromatic N) is 1. The van der Waals surface area contributed by atoms with E-state index in [1.807, 2.05) is 0 Å². The highest BCUT2D eigenvalue weighted by molar-refractivity contribution is 5.96. The molecule has 0 amide bonds. The molecular formula is C23H23F3N2O2. The van der Waals surface area contributed by atoms with Crippen molar-refractivity contribution in [2.24, 2.45) is 0 Å². The first-order chi connectivity index (χ1) is 14.4. The Bertz CT molecular complexity index is 961. The fourth-order valence-electron chi connectivity index (χ4n) is 3.07. The molecule has 3 aromatic rings. The number of unbranched alkanes of at least 4 members (excludes halogenated alkanes) is 2. The number of alkyl halides is 3. The number of nitrogens with one attached hydrogen (secondary N) is 1. The summed E-state index contributed by atoms with van der Waals surface area (Å²) >= 11 is 0. The largest absolute Gasteiger partial charge is 0.489 e. The molecule has 1 N–H and O–H groups in total. The highest BCUT2D eigenvalue weighted by Gasteiger charge is 2.30. The number of aromatic amines is 1. The fraction of sp³-hybridized carbons (Fsp3) is 0.304. The van der Waals surface area contributed by atoms with Gasteiger partial charge in [0.25, 0.3) is 0 Å². The first-order valence-electron chi connectivity index (χ1n) is 9.84. The number of benzene rings is 2. The number of carbonyl (C=O) groups excluding carboxylic acids is 1.